The molecule has 0 N–H and O–H groups in total. The lowest BCUT2D eigenvalue weighted by molar-refractivity contribution is -0.185. The zero-order valence-electron chi connectivity index (χ0n) is 23.5. The van der Waals surface area contributed by atoms with E-state index in [1.807, 2.05) is 30.3 Å². The van der Waals surface area contributed by atoms with E-state index in [2.05, 4.69) is 32.9 Å². The number of carbonyl (C=O) groups is 3. The minimum Gasteiger partial charge on any atom is -0.458 e. The van der Waals surface area contributed by atoms with E-state index < -0.39 is 5.60 Å². The van der Waals surface area contributed by atoms with Crippen molar-refractivity contribution < 1.29 is 23.9 Å². The third-order valence-corrected chi connectivity index (χ3v) is 10.7. The van der Waals surface area contributed by atoms with Crippen LogP contribution in [-0.2, 0) is 30.3 Å². The van der Waals surface area contributed by atoms with E-state index in [0.29, 0.717) is 37.0 Å². The van der Waals surface area contributed by atoms with Crippen LogP contribution in [-0.4, -0.2) is 29.4 Å². The predicted molar refractivity (Wildman–Crippen MR) is 146 cm³/mol. The number of ketones is 1. The Bertz CT molecular complexity index is 1180. The Morgan fingerprint density at radius 1 is 0.921 bits per heavy atom. The molecule has 38 heavy (non-hydrogen) atoms. The van der Waals surface area contributed by atoms with Gasteiger partial charge in [-0.1, -0.05) is 55.8 Å². The highest BCUT2D eigenvalue weighted by molar-refractivity contribution is 5.89. The van der Waals surface area contributed by atoms with Gasteiger partial charge in [0.15, 0.2) is 11.4 Å². The van der Waals surface area contributed by atoms with E-state index in [0.717, 1.165) is 37.7 Å². The van der Waals surface area contributed by atoms with Gasteiger partial charge in [0.25, 0.3) is 0 Å². The maximum absolute atomic E-state index is 13.0. The Morgan fingerprint density at radius 3 is 2.32 bits per heavy atom. The van der Waals surface area contributed by atoms with Crippen LogP contribution in [0, 0.1) is 28.6 Å². The highest BCUT2D eigenvalue weighted by atomic mass is 16.6. The standard InChI is InChI=1S/C33H42O5/c1-21-19-26-27(14-17-32(5)28(26)15-18-33(32,22(2)34)38-23(3)35)31(4)16-13-25(20-29(21)31)37-30(36)12-11-24-9-7-6-8-10-24/h6-10,19-20,25-28H,11-18H2,1-5H3/t25-,26+,27-,28-,31+,32-,33+/m1/s1. The quantitative estimate of drug-likeness (QED) is 0.399. The van der Waals surface area contributed by atoms with E-state index in [9.17, 15) is 14.4 Å². The summed E-state index contributed by atoms with van der Waals surface area (Å²) in [6.45, 7) is 9.78. The smallest absolute Gasteiger partial charge is 0.306 e. The minimum atomic E-state index is -1.02. The van der Waals surface area contributed by atoms with Crippen LogP contribution < -0.4 is 0 Å². The monoisotopic (exact) mass is 518 g/mol. The zero-order chi connectivity index (χ0) is 27.3. The van der Waals surface area contributed by atoms with Gasteiger partial charge in [0.05, 0.1) is 0 Å². The molecule has 204 valence electrons. The van der Waals surface area contributed by atoms with E-state index in [1.54, 1.807) is 6.92 Å². The second-order valence-corrected chi connectivity index (χ2v) is 12.7. The molecule has 0 heterocycles. The second-order valence-electron chi connectivity index (χ2n) is 12.7. The van der Waals surface area contributed by atoms with Gasteiger partial charge >= 0.3 is 11.9 Å². The first-order valence-electron chi connectivity index (χ1n) is 14.4. The van der Waals surface area contributed by atoms with Gasteiger partial charge in [0.1, 0.15) is 6.10 Å². The van der Waals surface area contributed by atoms with Crippen molar-refractivity contribution in [2.24, 2.45) is 28.6 Å². The van der Waals surface area contributed by atoms with Gasteiger partial charge in [-0.2, -0.15) is 0 Å². The third kappa shape index (κ3) is 4.26. The van der Waals surface area contributed by atoms with Crippen LogP contribution in [0.2, 0.25) is 0 Å². The molecular formula is C33H42O5. The third-order valence-electron chi connectivity index (χ3n) is 10.7. The molecule has 5 heteroatoms. The summed E-state index contributed by atoms with van der Waals surface area (Å²) in [5.41, 5.74) is 2.38. The lowest BCUT2D eigenvalue weighted by Crippen LogP contribution is -2.58. The topological polar surface area (TPSA) is 69.7 Å². The van der Waals surface area contributed by atoms with E-state index in [1.165, 1.54) is 18.1 Å². The molecule has 0 unspecified atom stereocenters. The van der Waals surface area contributed by atoms with E-state index in [4.69, 9.17) is 9.47 Å². The molecule has 5 rings (SSSR count). The molecule has 1 aromatic rings. The number of aryl methyl sites for hydroxylation is 1. The summed E-state index contributed by atoms with van der Waals surface area (Å²) >= 11 is 0. The molecule has 0 bridgehead atoms. The van der Waals surface area contributed by atoms with Crippen LogP contribution in [0.4, 0.5) is 0 Å². The number of rotatable bonds is 6. The molecule has 0 amide bonds. The number of hydrogen-bond acceptors (Lipinski definition) is 5. The van der Waals surface area contributed by atoms with Crippen molar-refractivity contribution in [3.63, 3.8) is 0 Å². The SMILES string of the molecule is CC(=O)O[C@]1(C(C)=O)CC[C@@H]2[C@H]3C=C(C)C4=C[C@H](OC(=O)CCc5ccccc5)CC[C@@]4(C)[C@@H]3CC[C@]21C. The van der Waals surface area contributed by atoms with Gasteiger partial charge in [-0.15, -0.1) is 0 Å². The first-order chi connectivity index (χ1) is 18.0. The lowest BCUT2D eigenvalue weighted by Gasteiger charge is -2.58. The van der Waals surface area contributed by atoms with Gasteiger partial charge in [-0.25, -0.2) is 0 Å². The number of hydrogen-bond donors (Lipinski definition) is 0. The fourth-order valence-corrected chi connectivity index (χ4v) is 8.83. The fraction of sp³-hybridized carbons (Fsp3) is 0.606. The van der Waals surface area contributed by atoms with Crippen molar-refractivity contribution in [2.45, 2.75) is 97.7 Å². The molecule has 7 atom stereocenters. The summed E-state index contributed by atoms with van der Waals surface area (Å²) < 4.78 is 11.8. The summed E-state index contributed by atoms with van der Waals surface area (Å²) in [7, 11) is 0. The molecule has 0 aliphatic heterocycles. The molecule has 1 aromatic carbocycles. The Labute approximate surface area is 227 Å². The van der Waals surface area contributed by atoms with E-state index in [-0.39, 0.29) is 34.7 Å². The van der Waals surface area contributed by atoms with Crippen molar-refractivity contribution in [3.05, 3.63) is 59.2 Å². The molecular weight excluding hydrogens is 476 g/mol. The Hall–Kier alpha value is -2.69. The van der Waals surface area contributed by atoms with Crippen molar-refractivity contribution in [1.29, 1.82) is 0 Å². The molecule has 2 fully saturated rings. The number of fused-ring (bicyclic) bond motifs is 5. The zero-order valence-corrected chi connectivity index (χ0v) is 23.5. The molecule has 0 radical (unpaired) electrons. The molecule has 0 spiro atoms. The second kappa shape index (κ2) is 9.81. The van der Waals surface area contributed by atoms with Crippen LogP contribution in [0.3, 0.4) is 0 Å². The van der Waals surface area contributed by atoms with Crippen LogP contribution >= 0.6 is 0 Å². The highest BCUT2D eigenvalue weighted by Crippen LogP contribution is 2.68. The lowest BCUT2D eigenvalue weighted by atomic mass is 9.47. The molecule has 2 saturated carbocycles. The Kier molecular flexibility index (Phi) is 6.94. The van der Waals surface area contributed by atoms with Gasteiger partial charge in [0.2, 0.25) is 0 Å². The number of carbonyl (C=O) groups excluding carboxylic acids is 3. The van der Waals surface area contributed by atoms with Gasteiger partial charge in [0, 0.05) is 18.8 Å². The average Bonchev–Trinajstić information content (AvgIpc) is 3.17. The molecule has 0 saturated heterocycles. The number of allylic oxidation sites excluding steroid dienone is 3. The number of Topliss-reactive ketones (excluding diaryl/α,β-unsaturated/α-hetero) is 1. The predicted octanol–water partition coefficient (Wildman–Crippen LogP) is 6.55. The van der Waals surface area contributed by atoms with Crippen LogP contribution in [0.1, 0.15) is 85.1 Å². The number of ether oxygens (including phenoxy) is 2. The van der Waals surface area contributed by atoms with Crippen LogP contribution in [0.5, 0.6) is 0 Å². The Balaban J connectivity index is 1.36. The first-order valence-corrected chi connectivity index (χ1v) is 14.4. The average molecular weight is 519 g/mol. The highest BCUT2D eigenvalue weighted by Gasteiger charge is 2.67. The van der Waals surface area contributed by atoms with Crippen molar-refractivity contribution in [3.8, 4) is 0 Å². The number of benzene rings is 1. The van der Waals surface area contributed by atoms with Crippen LogP contribution in [0.15, 0.2) is 53.6 Å². The number of esters is 2. The maximum atomic E-state index is 13.0. The van der Waals surface area contributed by atoms with Gasteiger partial charge in [-0.3, -0.25) is 14.4 Å². The summed E-state index contributed by atoms with van der Waals surface area (Å²) in [6, 6.07) is 10.1. The van der Waals surface area contributed by atoms with Crippen molar-refractivity contribution in [2.75, 3.05) is 0 Å². The normalized spacial score (nSPS) is 37.6. The maximum Gasteiger partial charge on any atom is 0.306 e. The van der Waals surface area contributed by atoms with Gasteiger partial charge < -0.3 is 9.47 Å². The molecule has 4 aliphatic carbocycles. The summed E-state index contributed by atoms with van der Waals surface area (Å²) in [5, 5.41) is 0. The van der Waals surface area contributed by atoms with Crippen molar-refractivity contribution >= 4 is 17.7 Å². The Morgan fingerprint density at radius 2 is 1.63 bits per heavy atom. The summed E-state index contributed by atoms with van der Waals surface area (Å²) in [6.07, 6.45) is 10.7. The molecule has 4 aliphatic rings. The summed E-state index contributed by atoms with van der Waals surface area (Å²) in [5.74, 6) is 0.580. The molecule has 5 nitrogen and oxygen atoms in total. The molecule has 0 aromatic heterocycles. The fourth-order valence-electron chi connectivity index (χ4n) is 8.83. The van der Waals surface area contributed by atoms with E-state index >= 15 is 0 Å². The summed E-state index contributed by atoms with van der Waals surface area (Å²) in [4.78, 5) is 37.7. The van der Waals surface area contributed by atoms with Crippen LogP contribution in [0.25, 0.3) is 0 Å². The van der Waals surface area contributed by atoms with Crippen molar-refractivity contribution in [1.82, 2.24) is 0 Å². The first kappa shape index (κ1) is 26.9. The minimum absolute atomic E-state index is 0.0146. The van der Waals surface area contributed by atoms with Gasteiger partial charge in [-0.05, 0) is 99.2 Å². The largest absolute Gasteiger partial charge is 0.458 e.